The normalized spacial score (nSPS) is 10.5. The van der Waals surface area contributed by atoms with E-state index in [2.05, 4.69) is 5.32 Å². The van der Waals surface area contributed by atoms with E-state index in [1.54, 1.807) is 36.4 Å². The van der Waals surface area contributed by atoms with Gasteiger partial charge in [0.15, 0.2) is 0 Å². The van der Waals surface area contributed by atoms with Crippen LogP contribution in [0.4, 0.5) is 5.69 Å². The van der Waals surface area contributed by atoms with E-state index in [1.807, 2.05) is 0 Å². The highest BCUT2D eigenvalue weighted by molar-refractivity contribution is 6.06. The van der Waals surface area contributed by atoms with Gasteiger partial charge in [-0.15, -0.1) is 0 Å². The molecule has 0 aromatic heterocycles. The molecule has 0 aliphatic heterocycles. The molecule has 106 valence electrons. The van der Waals surface area contributed by atoms with Crippen molar-refractivity contribution in [3.8, 4) is 5.75 Å². The van der Waals surface area contributed by atoms with Crippen LogP contribution in [-0.4, -0.2) is 22.1 Å². The van der Waals surface area contributed by atoms with Gasteiger partial charge >= 0.3 is 5.97 Å². The summed E-state index contributed by atoms with van der Waals surface area (Å²) in [5.74, 6) is -1.58. The number of anilines is 1. The number of phenols is 1. The predicted molar refractivity (Wildman–Crippen MR) is 79.2 cm³/mol. The molecule has 0 atom stereocenters. The van der Waals surface area contributed by atoms with Gasteiger partial charge in [-0.1, -0.05) is 24.3 Å². The second-order valence-electron chi connectivity index (χ2n) is 4.27. The van der Waals surface area contributed by atoms with E-state index in [0.717, 1.165) is 6.08 Å². The van der Waals surface area contributed by atoms with E-state index in [-0.39, 0.29) is 11.3 Å². The average Bonchev–Trinajstić information content (AvgIpc) is 2.46. The number of aromatic hydroxyl groups is 1. The molecule has 5 nitrogen and oxygen atoms in total. The van der Waals surface area contributed by atoms with Crippen LogP contribution in [0.1, 0.15) is 15.9 Å². The molecule has 2 rings (SSSR count). The Morgan fingerprint density at radius 2 is 1.81 bits per heavy atom. The number of rotatable bonds is 4. The molecule has 0 saturated heterocycles. The summed E-state index contributed by atoms with van der Waals surface area (Å²) in [7, 11) is 0. The molecule has 0 heterocycles. The molecule has 3 N–H and O–H groups in total. The molecular weight excluding hydrogens is 270 g/mol. The molecular formula is C16H13NO4. The lowest BCUT2D eigenvalue weighted by Crippen LogP contribution is -2.11. The van der Waals surface area contributed by atoms with E-state index >= 15 is 0 Å². The molecule has 0 radical (unpaired) electrons. The standard InChI is InChI=1S/C16H13NO4/c18-14-7-2-1-6-13(14)16(21)17-12-5-3-4-11(10-12)8-9-15(19)20/h1-10,18H,(H,17,21)(H,19,20)/b9-8+. The minimum Gasteiger partial charge on any atom is -0.507 e. The summed E-state index contributed by atoms with van der Waals surface area (Å²) >= 11 is 0. The van der Waals surface area contributed by atoms with Crippen molar-refractivity contribution < 1.29 is 19.8 Å². The van der Waals surface area contributed by atoms with Crippen LogP contribution in [0.2, 0.25) is 0 Å². The summed E-state index contributed by atoms with van der Waals surface area (Å²) < 4.78 is 0. The maximum Gasteiger partial charge on any atom is 0.328 e. The molecule has 0 aliphatic rings. The fourth-order valence-corrected chi connectivity index (χ4v) is 1.75. The van der Waals surface area contributed by atoms with Gasteiger partial charge in [0.1, 0.15) is 5.75 Å². The van der Waals surface area contributed by atoms with Gasteiger partial charge < -0.3 is 15.5 Å². The molecule has 1 amide bonds. The molecule has 2 aromatic rings. The van der Waals surface area contributed by atoms with Crippen LogP contribution in [0.25, 0.3) is 6.08 Å². The number of amides is 1. The fraction of sp³-hybridized carbons (Fsp3) is 0. The molecule has 5 heteroatoms. The summed E-state index contributed by atoms with van der Waals surface area (Å²) in [6, 6.07) is 13.0. The molecule has 0 saturated carbocycles. The summed E-state index contributed by atoms with van der Waals surface area (Å²) in [4.78, 5) is 22.5. The SMILES string of the molecule is O=C(O)/C=C/c1cccc(NC(=O)c2ccccc2O)c1. The van der Waals surface area contributed by atoms with Crippen LogP contribution < -0.4 is 5.32 Å². The van der Waals surface area contributed by atoms with E-state index in [0.29, 0.717) is 11.3 Å². The predicted octanol–water partition coefficient (Wildman–Crippen LogP) is 2.74. The summed E-state index contributed by atoms with van der Waals surface area (Å²) in [5, 5.41) is 20.9. The third-order valence-corrected chi connectivity index (χ3v) is 2.71. The summed E-state index contributed by atoms with van der Waals surface area (Å²) in [6.07, 6.45) is 2.45. The number of carboxylic acids is 1. The third kappa shape index (κ3) is 3.94. The quantitative estimate of drug-likeness (QED) is 0.753. The maximum absolute atomic E-state index is 12.0. The second-order valence-corrected chi connectivity index (χ2v) is 4.27. The Morgan fingerprint density at radius 3 is 2.52 bits per heavy atom. The van der Waals surface area contributed by atoms with Crippen molar-refractivity contribution >= 4 is 23.6 Å². The first-order chi connectivity index (χ1) is 10.1. The van der Waals surface area contributed by atoms with Gasteiger partial charge in [0.25, 0.3) is 5.91 Å². The first kappa shape index (κ1) is 14.3. The van der Waals surface area contributed by atoms with E-state index in [1.165, 1.54) is 18.2 Å². The number of aliphatic carboxylic acids is 1. The van der Waals surface area contributed by atoms with Gasteiger partial charge in [0.05, 0.1) is 5.56 Å². The number of carboxylic acid groups (broad SMARTS) is 1. The highest BCUT2D eigenvalue weighted by Gasteiger charge is 2.10. The number of hydrogen-bond donors (Lipinski definition) is 3. The van der Waals surface area contributed by atoms with E-state index in [4.69, 9.17) is 5.11 Å². The molecule has 0 fully saturated rings. The average molecular weight is 283 g/mol. The van der Waals surface area contributed by atoms with Crippen molar-refractivity contribution in [2.75, 3.05) is 5.32 Å². The Bertz CT molecular complexity index is 707. The number of para-hydroxylation sites is 1. The van der Waals surface area contributed by atoms with Crippen molar-refractivity contribution in [3.05, 3.63) is 65.7 Å². The van der Waals surface area contributed by atoms with Gasteiger partial charge in [-0.05, 0) is 35.9 Å². The van der Waals surface area contributed by atoms with Gasteiger partial charge in [0.2, 0.25) is 0 Å². The van der Waals surface area contributed by atoms with Crippen LogP contribution in [0.5, 0.6) is 5.75 Å². The monoisotopic (exact) mass is 283 g/mol. The summed E-state index contributed by atoms with van der Waals surface area (Å²) in [5.41, 5.74) is 1.33. The largest absolute Gasteiger partial charge is 0.507 e. The first-order valence-electron chi connectivity index (χ1n) is 6.16. The van der Waals surface area contributed by atoms with Crippen molar-refractivity contribution in [2.24, 2.45) is 0 Å². The Balaban J connectivity index is 2.17. The molecule has 0 unspecified atom stereocenters. The number of hydrogen-bond acceptors (Lipinski definition) is 3. The Morgan fingerprint density at radius 1 is 1.05 bits per heavy atom. The van der Waals surface area contributed by atoms with Crippen LogP contribution in [0, 0.1) is 0 Å². The van der Waals surface area contributed by atoms with Crippen LogP contribution >= 0.6 is 0 Å². The minimum atomic E-state index is -1.04. The summed E-state index contributed by atoms with van der Waals surface area (Å²) in [6.45, 7) is 0. The molecule has 0 aliphatic carbocycles. The van der Waals surface area contributed by atoms with Gasteiger partial charge in [0, 0.05) is 11.8 Å². The van der Waals surface area contributed by atoms with Crippen LogP contribution in [0.3, 0.4) is 0 Å². The Labute approximate surface area is 121 Å². The van der Waals surface area contributed by atoms with Crippen LogP contribution in [0.15, 0.2) is 54.6 Å². The lowest BCUT2D eigenvalue weighted by atomic mass is 10.1. The molecule has 2 aromatic carbocycles. The molecule has 0 bridgehead atoms. The number of nitrogens with one attached hydrogen (secondary N) is 1. The van der Waals surface area contributed by atoms with Crippen molar-refractivity contribution in [1.82, 2.24) is 0 Å². The highest BCUT2D eigenvalue weighted by atomic mass is 16.4. The number of benzene rings is 2. The van der Waals surface area contributed by atoms with Crippen LogP contribution in [-0.2, 0) is 4.79 Å². The highest BCUT2D eigenvalue weighted by Crippen LogP contribution is 2.18. The van der Waals surface area contributed by atoms with Gasteiger partial charge in [-0.25, -0.2) is 4.79 Å². The molecule has 21 heavy (non-hydrogen) atoms. The first-order valence-corrected chi connectivity index (χ1v) is 6.16. The molecule has 0 spiro atoms. The Kier molecular flexibility index (Phi) is 4.36. The zero-order valence-electron chi connectivity index (χ0n) is 11.0. The second kappa shape index (κ2) is 6.38. The zero-order valence-corrected chi connectivity index (χ0v) is 11.0. The van der Waals surface area contributed by atoms with Crippen molar-refractivity contribution in [3.63, 3.8) is 0 Å². The van der Waals surface area contributed by atoms with Gasteiger partial charge in [-0.3, -0.25) is 4.79 Å². The van der Waals surface area contributed by atoms with Gasteiger partial charge in [-0.2, -0.15) is 0 Å². The zero-order chi connectivity index (χ0) is 15.2. The van der Waals surface area contributed by atoms with E-state index < -0.39 is 11.9 Å². The minimum absolute atomic E-state index is 0.100. The number of carbonyl (C=O) groups excluding carboxylic acids is 1. The van der Waals surface area contributed by atoms with Crippen molar-refractivity contribution in [1.29, 1.82) is 0 Å². The number of carbonyl (C=O) groups is 2. The van der Waals surface area contributed by atoms with Crippen molar-refractivity contribution in [2.45, 2.75) is 0 Å². The lowest BCUT2D eigenvalue weighted by Gasteiger charge is -2.07. The number of phenolic OH excluding ortho intramolecular Hbond substituents is 1. The topological polar surface area (TPSA) is 86.6 Å². The maximum atomic E-state index is 12.0. The fourth-order valence-electron chi connectivity index (χ4n) is 1.75. The third-order valence-electron chi connectivity index (χ3n) is 2.71. The Hall–Kier alpha value is -3.08. The lowest BCUT2D eigenvalue weighted by molar-refractivity contribution is -0.131. The smallest absolute Gasteiger partial charge is 0.328 e. The van der Waals surface area contributed by atoms with E-state index in [9.17, 15) is 14.7 Å².